The van der Waals surface area contributed by atoms with Gasteiger partial charge >= 0.3 is 0 Å². The highest BCUT2D eigenvalue weighted by Crippen LogP contribution is 2.50. The average Bonchev–Trinajstić information content (AvgIpc) is 3.34. The second-order valence-corrected chi connectivity index (χ2v) is 8.01. The maximum Gasteiger partial charge on any atom is 0.240 e. The van der Waals surface area contributed by atoms with Gasteiger partial charge in [-0.15, -0.1) is 10.2 Å². The molecule has 1 aliphatic carbocycles. The van der Waals surface area contributed by atoms with E-state index in [2.05, 4.69) is 25.9 Å². The number of aromatic hydroxyl groups is 1. The number of rotatable bonds is 7. The van der Waals surface area contributed by atoms with E-state index < -0.39 is 5.41 Å². The first-order chi connectivity index (χ1) is 13.4. The Balaban J connectivity index is 1.43. The van der Waals surface area contributed by atoms with Gasteiger partial charge in [0.2, 0.25) is 11.8 Å². The molecule has 0 unspecified atom stereocenters. The maximum absolute atomic E-state index is 13.0. The summed E-state index contributed by atoms with van der Waals surface area (Å²) in [6.07, 6.45) is 3.49. The number of hydrogen-bond acceptors (Lipinski definition) is 6. The van der Waals surface area contributed by atoms with Crippen molar-refractivity contribution in [3.8, 4) is 5.75 Å². The van der Waals surface area contributed by atoms with E-state index in [1.165, 1.54) is 4.90 Å². The molecule has 3 N–H and O–H groups in total. The highest BCUT2D eigenvalue weighted by atomic mass is 16.3. The van der Waals surface area contributed by atoms with E-state index in [0.717, 1.165) is 24.0 Å². The molecular formula is C19H24N6O3. The van der Waals surface area contributed by atoms with Crippen molar-refractivity contribution >= 4 is 17.5 Å². The van der Waals surface area contributed by atoms with Gasteiger partial charge in [-0.2, -0.15) is 5.21 Å². The molecule has 0 saturated heterocycles. The molecule has 2 amide bonds. The van der Waals surface area contributed by atoms with Crippen LogP contribution in [-0.4, -0.2) is 50.6 Å². The van der Waals surface area contributed by atoms with Gasteiger partial charge in [0.05, 0.1) is 11.1 Å². The number of hydrogen-bond donors (Lipinski definition) is 3. The normalized spacial score (nSPS) is 17.6. The van der Waals surface area contributed by atoms with Crippen LogP contribution >= 0.6 is 0 Å². The molecular weight excluding hydrogens is 360 g/mol. The Bertz CT molecular complexity index is 905. The quantitative estimate of drug-likeness (QED) is 0.615. The molecule has 2 heterocycles. The predicted molar refractivity (Wildman–Crippen MR) is 101 cm³/mol. The highest BCUT2D eigenvalue weighted by Gasteiger charge is 2.46. The van der Waals surface area contributed by atoms with Crippen LogP contribution in [0.3, 0.4) is 0 Å². The number of tetrazole rings is 1. The number of fused-ring (bicyclic) bond motifs is 1. The van der Waals surface area contributed by atoms with Gasteiger partial charge in [-0.25, -0.2) is 0 Å². The zero-order valence-electron chi connectivity index (χ0n) is 16.0. The molecule has 2 aliphatic rings. The lowest BCUT2D eigenvalue weighted by atomic mass is 9.85. The number of benzene rings is 1. The minimum absolute atomic E-state index is 0.0724. The van der Waals surface area contributed by atoms with Crippen LogP contribution in [0.5, 0.6) is 5.75 Å². The fourth-order valence-electron chi connectivity index (χ4n) is 3.72. The molecule has 9 heteroatoms. The minimum Gasteiger partial charge on any atom is -0.506 e. The first-order valence-corrected chi connectivity index (χ1v) is 9.56. The second-order valence-electron chi connectivity index (χ2n) is 8.01. The number of H-pyrrole nitrogens is 1. The van der Waals surface area contributed by atoms with Crippen molar-refractivity contribution in [2.45, 2.75) is 50.9 Å². The zero-order valence-corrected chi connectivity index (χ0v) is 16.0. The molecule has 0 bridgehead atoms. The number of aromatic nitrogens is 4. The third-order valence-electron chi connectivity index (χ3n) is 5.47. The van der Waals surface area contributed by atoms with E-state index in [1.54, 1.807) is 6.07 Å². The molecule has 1 saturated carbocycles. The third-order valence-corrected chi connectivity index (χ3v) is 5.47. The summed E-state index contributed by atoms with van der Waals surface area (Å²) in [5, 5.41) is 27.0. The van der Waals surface area contributed by atoms with E-state index >= 15 is 0 Å². The Morgan fingerprint density at radius 3 is 2.86 bits per heavy atom. The van der Waals surface area contributed by atoms with Crippen LogP contribution in [0.15, 0.2) is 12.1 Å². The Hall–Kier alpha value is -2.97. The maximum atomic E-state index is 13.0. The van der Waals surface area contributed by atoms with Gasteiger partial charge in [-0.3, -0.25) is 14.5 Å². The van der Waals surface area contributed by atoms with Crippen molar-refractivity contribution in [1.29, 1.82) is 0 Å². The van der Waals surface area contributed by atoms with Crippen LogP contribution in [0, 0.1) is 0 Å². The summed E-state index contributed by atoms with van der Waals surface area (Å²) in [6, 6.07) is 3.76. The number of phenolic OH excluding ortho intramolecular Hbond substituents is 1. The number of phenols is 1. The summed E-state index contributed by atoms with van der Waals surface area (Å²) < 4.78 is 0. The number of nitrogens with zero attached hydrogens (tertiary/aromatic N) is 4. The van der Waals surface area contributed by atoms with Crippen LogP contribution in [0.25, 0.3) is 0 Å². The Labute approximate surface area is 162 Å². The zero-order chi connectivity index (χ0) is 19.9. The summed E-state index contributed by atoms with van der Waals surface area (Å²) in [5.74, 6) is 0.696. The average molecular weight is 384 g/mol. The van der Waals surface area contributed by atoms with Crippen LogP contribution in [0.2, 0.25) is 0 Å². The molecule has 28 heavy (non-hydrogen) atoms. The number of nitrogens with one attached hydrogen (secondary N) is 2. The molecule has 9 nitrogen and oxygen atoms in total. The molecule has 0 radical (unpaired) electrons. The van der Waals surface area contributed by atoms with Crippen molar-refractivity contribution in [2.75, 3.05) is 18.0 Å². The lowest BCUT2D eigenvalue weighted by Crippen LogP contribution is -2.43. The van der Waals surface area contributed by atoms with Gasteiger partial charge in [-0.1, -0.05) is 11.3 Å². The Morgan fingerprint density at radius 2 is 2.18 bits per heavy atom. The molecule has 1 aliphatic heterocycles. The minimum atomic E-state index is -0.767. The summed E-state index contributed by atoms with van der Waals surface area (Å²) >= 11 is 0. The van der Waals surface area contributed by atoms with E-state index in [4.69, 9.17) is 0 Å². The number of anilines is 1. The number of carbonyl (C=O) groups excluding carboxylic acids is 2. The second kappa shape index (κ2) is 6.88. The molecule has 148 valence electrons. The van der Waals surface area contributed by atoms with Crippen molar-refractivity contribution in [3.63, 3.8) is 0 Å². The number of carbonyl (C=O) groups is 2. The molecule has 1 aromatic heterocycles. The number of aromatic amines is 1. The Morgan fingerprint density at radius 1 is 1.39 bits per heavy atom. The van der Waals surface area contributed by atoms with Crippen LogP contribution < -0.4 is 10.2 Å². The summed E-state index contributed by atoms with van der Waals surface area (Å²) in [7, 11) is 0. The fourth-order valence-corrected chi connectivity index (χ4v) is 3.72. The summed E-state index contributed by atoms with van der Waals surface area (Å²) in [5.41, 5.74) is 1.56. The van der Waals surface area contributed by atoms with E-state index in [0.29, 0.717) is 36.8 Å². The van der Waals surface area contributed by atoms with Gasteiger partial charge in [0.1, 0.15) is 12.3 Å². The van der Waals surface area contributed by atoms with Gasteiger partial charge in [-0.05, 0) is 56.2 Å². The Kier molecular flexibility index (Phi) is 4.52. The van der Waals surface area contributed by atoms with Crippen molar-refractivity contribution in [1.82, 2.24) is 25.9 Å². The standard InChI is InChI=1S/C19H24N6O3/c1-19(2)13-8-12(11-5-6-11)9-14(26)17(13)25(18(19)28)10-16(27)20-7-3-4-15-21-23-24-22-15/h8-9,11,26H,3-7,10H2,1-2H3,(H,20,27)(H,21,22,23,24). The number of amides is 2. The molecule has 2 aromatic rings. The van der Waals surface area contributed by atoms with Crippen LogP contribution in [0.1, 0.15) is 56.0 Å². The van der Waals surface area contributed by atoms with Gasteiger partial charge in [0.25, 0.3) is 0 Å². The van der Waals surface area contributed by atoms with Crippen LogP contribution in [-0.2, 0) is 21.4 Å². The van der Waals surface area contributed by atoms with Crippen molar-refractivity contribution in [3.05, 3.63) is 29.1 Å². The molecule has 0 spiro atoms. The highest BCUT2D eigenvalue weighted by molar-refractivity contribution is 6.11. The monoisotopic (exact) mass is 384 g/mol. The van der Waals surface area contributed by atoms with E-state index in [-0.39, 0.29) is 24.1 Å². The lowest BCUT2D eigenvalue weighted by molar-refractivity contribution is -0.125. The summed E-state index contributed by atoms with van der Waals surface area (Å²) in [4.78, 5) is 26.7. The van der Waals surface area contributed by atoms with Crippen LogP contribution in [0.4, 0.5) is 5.69 Å². The van der Waals surface area contributed by atoms with E-state index in [1.807, 2.05) is 19.9 Å². The summed E-state index contributed by atoms with van der Waals surface area (Å²) in [6.45, 7) is 4.01. The lowest BCUT2D eigenvalue weighted by Gasteiger charge is -2.20. The van der Waals surface area contributed by atoms with Gasteiger partial charge in [0.15, 0.2) is 5.82 Å². The SMILES string of the molecule is CC1(C)C(=O)N(CC(=O)NCCCc2nn[nH]n2)c2c(O)cc(C3CC3)cc21. The fraction of sp³-hybridized carbons (Fsp3) is 0.526. The predicted octanol–water partition coefficient (Wildman–Crippen LogP) is 1.16. The molecule has 1 fully saturated rings. The topological polar surface area (TPSA) is 124 Å². The largest absolute Gasteiger partial charge is 0.506 e. The smallest absolute Gasteiger partial charge is 0.240 e. The van der Waals surface area contributed by atoms with E-state index in [9.17, 15) is 14.7 Å². The van der Waals surface area contributed by atoms with Gasteiger partial charge < -0.3 is 10.4 Å². The van der Waals surface area contributed by atoms with Crippen molar-refractivity contribution < 1.29 is 14.7 Å². The molecule has 0 atom stereocenters. The molecule has 4 rings (SSSR count). The number of aryl methyl sites for hydroxylation is 1. The first kappa shape index (κ1) is 18.4. The van der Waals surface area contributed by atoms with Crippen molar-refractivity contribution in [2.24, 2.45) is 0 Å². The first-order valence-electron chi connectivity index (χ1n) is 9.56. The molecule has 1 aromatic carbocycles. The van der Waals surface area contributed by atoms with Gasteiger partial charge in [0, 0.05) is 13.0 Å². The third kappa shape index (κ3) is 3.32.